The van der Waals surface area contributed by atoms with Gasteiger partial charge in [-0.25, -0.2) is 4.39 Å². The zero-order chi connectivity index (χ0) is 18.0. The maximum Gasteiger partial charge on any atom is 0.237 e. The van der Waals surface area contributed by atoms with E-state index < -0.39 is 17.4 Å². The van der Waals surface area contributed by atoms with Crippen molar-refractivity contribution in [2.24, 2.45) is 0 Å². The Bertz CT molecular complexity index is 961. The Labute approximate surface area is 143 Å². The van der Waals surface area contributed by atoms with Gasteiger partial charge in [0.2, 0.25) is 11.6 Å². The Morgan fingerprint density at radius 2 is 1.52 bits per heavy atom. The van der Waals surface area contributed by atoms with Crippen LogP contribution in [0.5, 0.6) is 11.5 Å². The lowest BCUT2D eigenvalue weighted by Gasteiger charge is -2.10. The van der Waals surface area contributed by atoms with E-state index in [4.69, 9.17) is 9.47 Å². The predicted octanol–water partition coefficient (Wildman–Crippen LogP) is 4.06. The van der Waals surface area contributed by atoms with E-state index in [1.165, 1.54) is 19.2 Å². The van der Waals surface area contributed by atoms with Gasteiger partial charge in [-0.1, -0.05) is 6.07 Å². The van der Waals surface area contributed by atoms with Gasteiger partial charge >= 0.3 is 0 Å². The number of halogens is 1. The van der Waals surface area contributed by atoms with Crippen LogP contribution in [0.3, 0.4) is 0 Å². The summed E-state index contributed by atoms with van der Waals surface area (Å²) in [5.74, 6) is -0.925. The van der Waals surface area contributed by atoms with Gasteiger partial charge in [0.1, 0.15) is 17.3 Å². The van der Waals surface area contributed by atoms with Gasteiger partial charge in [0.05, 0.1) is 19.8 Å². The average Bonchev–Trinajstić information content (AvgIpc) is 2.65. The van der Waals surface area contributed by atoms with Crippen molar-refractivity contribution in [3.05, 3.63) is 71.5 Å². The van der Waals surface area contributed by atoms with Crippen LogP contribution in [-0.2, 0) is 0 Å². The molecule has 0 spiro atoms. The number of ether oxygens (including phenoxy) is 2. The summed E-state index contributed by atoms with van der Waals surface area (Å²) in [6, 6.07) is 13.5. The first-order valence-corrected chi connectivity index (χ1v) is 7.54. The molecule has 5 heteroatoms. The molecule has 0 bridgehead atoms. The highest BCUT2D eigenvalue weighted by atomic mass is 19.1. The van der Waals surface area contributed by atoms with Gasteiger partial charge in [-0.15, -0.1) is 0 Å². The molecular weight excluding hydrogens is 323 g/mol. The molecule has 4 nitrogen and oxygen atoms in total. The van der Waals surface area contributed by atoms with Crippen molar-refractivity contribution >= 4 is 22.3 Å². The van der Waals surface area contributed by atoms with Crippen LogP contribution in [0.25, 0.3) is 10.8 Å². The molecule has 3 rings (SSSR count). The summed E-state index contributed by atoms with van der Waals surface area (Å²) in [6.07, 6.45) is 0. The molecule has 0 aliphatic carbocycles. The van der Waals surface area contributed by atoms with Crippen LogP contribution in [0.4, 0.5) is 4.39 Å². The molecule has 0 radical (unpaired) electrons. The summed E-state index contributed by atoms with van der Waals surface area (Å²) in [6.45, 7) is 0. The summed E-state index contributed by atoms with van der Waals surface area (Å²) in [5, 5.41) is 1.60. The number of carbonyl (C=O) groups is 2. The number of methoxy groups -OCH3 is 2. The monoisotopic (exact) mass is 338 g/mol. The van der Waals surface area contributed by atoms with Crippen LogP contribution in [0.2, 0.25) is 0 Å². The number of hydrogen-bond donors (Lipinski definition) is 0. The van der Waals surface area contributed by atoms with Crippen molar-refractivity contribution in [3.63, 3.8) is 0 Å². The first kappa shape index (κ1) is 16.6. The second-order valence-electron chi connectivity index (χ2n) is 5.43. The lowest BCUT2D eigenvalue weighted by Crippen LogP contribution is -2.15. The lowest BCUT2D eigenvalue weighted by molar-refractivity contribution is 0.0815. The van der Waals surface area contributed by atoms with Crippen LogP contribution >= 0.6 is 0 Å². The fourth-order valence-corrected chi connectivity index (χ4v) is 2.58. The van der Waals surface area contributed by atoms with Crippen LogP contribution in [0, 0.1) is 5.82 Å². The van der Waals surface area contributed by atoms with E-state index in [1.54, 1.807) is 31.4 Å². The average molecular weight is 338 g/mol. The first-order chi connectivity index (χ1) is 12.0. The zero-order valence-corrected chi connectivity index (χ0v) is 13.7. The number of Topliss-reactive ketones (excluding diaryl/α,β-unsaturated/α-hetero) is 2. The second kappa shape index (κ2) is 6.73. The van der Waals surface area contributed by atoms with E-state index in [-0.39, 0.29) is 11.1 Å². The Balaban J connectivity index is 2.05. The van der Waals surface area contributed by atoms with Crippen molar-refractivity contribution < 1.29 is 23.5 Å². The predicted molar refractivity (Wildman–Crippen MR) is 92.1 cm³/mol. The maximum absolute atomic E-state index is 13.0. The molecule has 0 aliphatic heterocycles. The zero-order valence-electron chi connectivity index (χ0n) is 13.7. The number of carbonyl (C=O) groups excluding carboxylic acids is 2. The molecule has 3 aromatic rings. The molecular formula is C20H15FO4. The minimum atomic E-state index is -0.717. The van der Waals surface area contributed by atoms with Gasteiger partial charge in [-0.2, -0.15) is 0 Å². The molecule has 0 aliphatic rings. The molecule has 0 unspecified atom stereocenters. The topological polar surface area (TPSA) is 52.6 Å². The van der Waals surface area contributed by atoms with E-state index in [9.17, 15) is 14.0 Å². The minimum Gasteiger partial charge on any atom is -0.497 e. The van der Waals surface area contributed by atoms with E-state index in [1.807, 2.05) is 6.07 Å². The van der Waals surface area contributed by atoms with Crippen molar-refractivity contribution in [1.29, 1.82) is 0 Å². The summed E-state index contributed by atoms with van der Waals surface area (Å²) in [4.78, 5) is 25.0. The molecule has 0 N–H and O–H groups in total. The quantitative estimate of drug-likeness (QED) is 0.520. The van der Waals surface area contributed by atoms with Crippen molar-refractivity contribution in [1.82, 2.24) is 0 Å². The highest BCUT2D eigenvalue weighted by molar-refractivity contribution is 6.50. The number of benzene rings is 3. The van der Waals surface area contributed by atoms with Crippen molar-refractivity contribution in [3.8, 4) is 11.5 Å². The minimum absolute atomic E-state index is 0.128. The standard InChI is InChI=1S/C20H15FO4/c1-24-16-8-5-13-10-17(18(25-2)11-14(13)9-16)20(23)19(22)12-3-6-15(21)7-4-12/h3-11H,1-2H3. The molecule has 3 aromatic carbocycles. The van der Waals surface area contributed by atoms with E-state index in [0.29, 0.717) is 11.5 Å². The molecule has 0 saturated heterocycles. The Hall–Kier alpha value is -3.21. The number of rotatable bonds is 5. The van der Waals surface area contributed by atoms with Crippen LogP contribution in [0.15, 0.2) is 54.6 Å². The van der Waals surface area contributed by atoms with Gasteiger partial charge in [0.25, 0.3) is 0 Å². The molecule has 126 valence electrons. The van der Waals surface area contributed by atoms with Gasteiger partial charge in [-0.05, 0) is 59.3 Å². The second-order valence-corrected chi connectivity index (χ2v) is 5.43. The van der Waals surface area contributed by atoms with E-state index >= 15 is 0 Å². The van der Waals surface area contributed by atoms with E-state index in [2.05, 4.69) is 0 Å². The molecule has 0 heterocycles. The molecule has 0 fully saturated rings. The van der Waals surface area contributed by atoms with Gasteiger partial charge in [0, 0.05) is 5.56 Å². The number of hydrogen-bond acceptors (Lipinski definition) is 4. The molecule has 0 atom stereocenters. The Morgan fingerprint density at radius 3 is 2.16 bits per heavy atom. The van der Waals surface area contributed by atoms with Crippen molar-refractivity contribution in [2.75, 3.05) is 14.2 Å². The van der Waals surface area contributed by atoms with Crippen LogP contribution in [0.1, 0.15) is 20.7 Å². The highest BCUT2D eigenvalue weighted by Crippen LogP contribution is 2.29. The summed E-state index contributed by atoms with van der Waals surface area (Å²) < 4.78 is 23.5. The van der Waals surface area contributed by atoms with Gasteiger partial charge < -0.3 is 9.47 Å². The van der Waals surface area contributed by atoms with Crippen LogP contribution in [-0.4, -0.2) is 25.8 Å². The first-order valence-electron chi connectivity index (χ1n) is 7.54. The largest absolute Gasteiger partial charge is 0.497 e. The summed E-state index contributed by atoms with van der Waals surface area (Å²) >= 11 is 0. The Kier molecular flexibility index (Phi) is 4.48. The van der Waals surface area contributed by atoms with E-state index in [0.717, 1.165) is 22.9 Å². The summed E-state index contributed by atoms with van der Waals surface area (Å²) in [7, 11) is 3.00. The Morgan fingerprint density at radius 1 is 0.800 bits per heavy atom. The SMILES string of the molecule is COc1ccc2cc(C(=O)C(=O)c3ccc(F)cc3)c(OC)cc2c1. The maximum atomic E-state index is 13.0. The fraction of sp³-hybridized carbons (Fsp3) is 0.100. The third kappa shape index (κ3) is 3.21. The summed E-state index contributed by atoms with van der Waals surface area (Å²) in [5.41, 5.74) is 0.290. The van der Waals surface area contributed by atoms with Crippen LogP contribution < -0.4 is 9.47 Å². The normalized spacial score (nSPS) is 10.5. The fourth-order valence-electron chi connectivity index (χ4n) is 2.58. The molecule has 0 amide bonds. The van der Waals surface area contributed by atoms with Gasteiger partial charge in [0.15, 0.2) is 0 Å². The third-order valence-corrected chi connectivity index (χ3v) is 3.92. The molecule has 0 saturated carbocycles. The number of ketones is 2. The smallest absolute Gasteiger partial charge is 0.237 e. The molecule has 25 heavy (non-hydrogen) atoms. The number of fused-ring (bicyclic) bond motifs is 1. The van der Waals surface area contributed by atoms with Crippen molar-refractivity contribution in [2.45, 2.75) is 0 Å². The third-order valence-electron chi connectivity index (χ3n) is 3.92. The lowest BCUT2D eigenvalue weighted by atomic mass is 9.97. The van der Waals surface area contributed by atoms with Gasteiger partial charge in [-0.3, -0.25) is 9.59 Å². The molecule has 0 aromatic heterocycles. The highest BCUT2D eigenvalue weighted by Gasteiger charge is 2.22.